The van der Waals surface area contributed by atoms with Gasteiger partial charge in [0, 0.05) is 31.7 Å². The average Bonchev–Trinajstić information content (AvgIpc) is 3.47. The monoisotopic (exact) mass is 443 g/mol. The van der Waals surface area contributed by atoms with Crippen LogP contribution < -0.4 is 4.72 Å². The third kappa shape index (κ3) is 5.07. The van der Waals surface area contributed by atoms with Gasteiger partial charge in [-0.05, 0) is 48.9 Å². The maximum absolute atomic E-state index is 13.1. The summed E-state index contributed by atoms with van der Waals surface area (Å²) in [6.07, 6.45) is 3.14. The SMILES string of the molecule is Cc1ccc(S(=O)(=O)NCc2ccco2)cc1C(=O)N1CCN(Cc2ccco2)CC1. The highest BCUT2D eigenvalue weighted by atomic mass is 32.2. The highest BCUT2D eigenvalue weighted by Crippen LogP contribution is 2.19. The molecule has 1 aliphatic rings. The molecule has 0 atom stereocenters. The predicted molar refractivity (Wildman–Crippen MR) is 114 cm³/mol. The summed E-state index contributed by atoms with van der Waals surface area (Å²) >= 11 is 0. The lowest BCUT2D eigenvalue weighted by molar-refractivity contribution is 0.0619. The zero-order chi connectivity index (χ0) is 21.8. The first-order chi connectivity index (χ1) is 14.9. The first-order valence-electron chi connectivity index (χ1n) is 10.1. The third-order valence-electron chi connectivity index (χ3n) is 5.39. The second-order valence-electron chi connectivity index (χ2n) is 7.53. The lowest BCUT2D eigenvalue weighted by atomic mass is 10.1. The van der Waals surface area contributed by atoms with E-state index in [1.807, 2.05) is 19.1 Å². The van der Waals surface area contributed by atoms with Crippen molar-refractivity contribution >= 4 is 15.9 Å². The van der Waals surface area contributed by atoms with Crippen molar-refractivity contribution in [1.29, 1.82) is 0 Å². The highest BCUT2D eigenvalue weighted by Gasteiger charge is 2.25. The number of sulfonamides is 1. The van der Waals surface area contributed by atoms with Crippen LogP contribution in [-0.2, 0) is 23.1 Å². The number of amides is 1. The summed E-state index contributed by atoms with van der Waals surface area (Å²) in [7, 11) is -3.78. The Hall–Kier alpha value is -2.88. The first-order valence-corrected chi connectivity index (χ1v) is 11.6. The van der Waals surface area contributed by atoms with Gasteiger partial charge in [0.05, 0.1) is 30.5 Å². The number of piperazine rings is 1. The molecule has 0 bridgehead atoms. The molecule has 2 aromatic heterocycles. The van der Waals surface area contributed by atoms with Crippen LogP contribution in [0.3, 0.4) is 0 Å². The molecule has 4 rings (SSSR count). The average molecular weight is 444 g/mol. The van der Waals surface area contributed by atoms with Gasteiger partial charge in [-0.15, -0.1) is 0 Å². The first kappa shape index (κ1) is 21.4. The zero-order valence-corrected chi connectivity index (χ0v) is 18.1. The Balaban J connectivity index is 1.42. The minimum Gasteiger partial charge on any atom is -0.468 e. The Morgan fingerprint density at radius 1 is 1.00 bits per heavy atom. The fraction of sp³-hybridized carbons (Fsp3) is 0.318. The second-order valence-corrected chi connectivity index (χ2v) is 9.30. The van der Waals surface area contributed by atoms with Crippen LogP contribution in [0.2, 0.25) is 0 Å². The zero-order valence-electron chi connectivity index (χ0n) is 17.3. The molecule has 0 aliphatic carbocycles. The molecule has 1 aliphatic heterocycles. The summed E-state index contributed by atoms with van der Waals surface area (Å²) < 4.78 is 38.5. The molecule has 0 spiro atoms. The summed E-state index contributed by atoms with van der Waals surface area (Å²) in [6.45, 7) is 5.18. The van der Waals surface area contributed by atoms with Crippen LogP contribution in [-0.4, -0.2) is 50.3 Å². The summed E-state index contributed by atoms with van der Waals surface area (Å²) in [5.74, 6) is 1.26. The van der Waals surface area contributed by atoms with Gasteiger partial charge in [-0.2, -0.15) is 0 Å². The van der Waals surface area contributed by atoms with Gasteiger partial charge < -0.3 is 13.7 Å². The predicted octanol–water partition coefficient (Wildman–Crippen LogP) is 2.62. The molecule has 3 aromatic rings. The van der Waals surface area contributed by atoms with Gasteiger partial charge in [0.15, 0.2) is 0 Å². The number of hydrogen-bond acceptors (Lipinski definition) is 6. The van der Waals surface area contributed by atoms with Crippen LogP contribution in [0.5, 0.6) is 0 Å². The number of benzene rings is 1. The number of furan rings is 2. The Morgan fingerprint density at radius 3 is 2.32 bits per heavy atom. The maximum atomic E-state index is 13.1. The molecular weight excluding hydrogens is 418 g/mol. The van der Waals surface area contributed by atoms with E-state index in [-0.39, 0.29) is 17.3 Å². The molecule has 1 N–H and O–H groups in total. The number of nitrogens with one attached hydrogen (secondary N) is 1. The van der Waals surface area contributed by atoms with Crippen molar-refractivity contribution in [1.82, 2.24) is 14.5 Å². The van der Waals surface area contributed by atoms with E-state index in [2.05, 4.69) is 9.62 Å². The molecule has 0 radical (unpaired) electrons. The van der Waals surface area contributed by atoms with Crippen molar-refractivity contribution in [3.8, 4) is 0 Å². The molecule has 3 heterocycles. The fourth-order valence-electron chi connectivity index (χ4n) is 3.56. The van der Waals surface area contributed by atoms with E-state index in [0.717, 1.165) is 24.4 Å². The Morgan fingerprint density at radius 2 is 1.68 bits per heavy atom. The van der Waals surface area contributed by atoms with Crippen molar-refractivity contribution in [2.24, 2.45) is 0 Å². The molecule has 1 aromatic carbocycles. The molecule has 1 fully saturated rings. The van der Waals surface area contributed by atoms with Crippen molar-refractivity contribution in [2.75, 3.05) is 26.2 Å². The van der Waals surface area contributed by atoms with E-state index < -0.39 is 10.0 Å². The highest BCUT2D eigenvalue weighted by molar-refractivity contribution is 7.89. The van der Waals surface area contributed by atoms with Crippen LogP contribution in [0.25, 0.3) is 0 Å². The molecule has 9 heteroatoms. The Kier molecular flexibility index (Phi) is 6.26. The minimum absolute atomic E-state index is 0.0458. The van der Waals surface area contributed by atoms with Gasteiger partial charge in [0.25, 0.3) is 5.91 Å². The van der Waals surface area contributed by atoms with Gasteiger partial charge >= 0.3 is 0 Å². The van der Waals surface area contributed by atoms with Gasteiger partial charge in [0.1, 0.15) is 11.5 Å². The molecule has 31 heavy (non-hydrogen) atoms. The number of rotatable bonds is 7. The second kappa shape index (κ2) is 9.09. The number of nitrogens with zero attached hydrogens (tertiary/aromatic N) is 2. The van der Waals surface area contributed by atoms with Crippen LogP contribution in [0, 0.1) is 6.92 Å². The molecular formula is C22H25N3O5S. The van der Waals surface area contributed by atoms with Crippen molar-refractivity contribution in [3.05, 3.63) is 77.6 Å². The molecule has 1 saturated heterocycles. The van der Waals surface area contributed by atoms with Crippen LogP contribution in [0.1, 0.15) is 27.4 Å². The molecule has 164 valence electrons. The molecule has 8 nitrogen and oxygen atoms in total. The normalized spacial score (nSPS) is 15.3. The van der Waals surface area contributed by atoms with E-state index in [1.54, 1.807) is 29.4 Å². The van der Waals surface area contributed by atoms with Crippen molar-refractivity contribution in [3.63, 3.8) is 0 Å². The largest absolute Gasteiger partial charge is 0.468 e. The van der Waals surface area contributed by atoms with E-state index >= 15 is 0 Å². The van der Waals surface area contributed by atoms with E-state index in [4.69, 9.17) is 8.83 Å². The Bertz CT molecular complexity index is 1120. The van der Waals surface area contributed by atoms with Gasteiger partial charge in [-0.3, -0.25) is 9.69 Å². The minimum atomic E-state index is -3.78. The van der Waals surface area contributed by atoms with Crippen LogP contribution in [0.4, 0.5) is 0 Å². The fourth-order valence-corrected chi connectivity index (χ4v) is 4.58. The number of hydrogen-bond donors (Lipinski definition) is 1. The van der Waals surface area contributed by atoms with Gasteiger partial charge in [0.2, 0.25) is 10.0 Å². The van der Waals surface area contributed by atoms with Gasteiger partial charge in [-0.1, -0.05) is 6.07 Å². The maximum Gasteiger partial charge on any atom is 0.254 e. The summed E-state index contributed by atoms with van der Waals surface area (Å²) in [5.41, 5.74) is 1.15. The summed E-state index contributed by atoms with van der Waals surface area (Å²) in [6, 6.07) is 11.8. The Labute approximate surface area is 181 Å². The van der Waals surface area contributed by atoms with Crippen LogP contribution >= 0.6 is 0 Å². The molecule has 0 unspecified atom stereocenters. The van der Waals surface area contributed by atoms with E-state index in [1.165, 1.54) is 18.4 Å². The lowest BCUT2D eigenvalue weighted by Crippen LogP contribution is -2.48. The van der Waals surface area contributed by atoms with E-state index in [9.17, 15) is 13.2 Å². The van der Waals surface area contributed by atoms with E-state index in [0.29, 0.717) is 31.0 Å². The topological polar surface area (TPSA) is 96.0 Å². The van der Waals surface area contributed by atoms with Crippen molar-refractivity contribution in [2.45, 2.75) is 24.9 Å². The third-order valence-corrected chi connectivity index (χ3v) is 6.78. The van der Waals surface area contributed by atoms with Gasteiger partial charge in [-0.25, -0.2) is 13.1 Å². The molecule has 0 saturated carbocycles. The smallest absolute Gasteiger partial charge is 0.254 e. The molecule has 1 amide bonds. The summed E-state index contributed by atoms with van der Waals surface area (Å²) in [5, 5.41) is 0. The quantitative estimate of drug-likeness (QED) is 0.603. The standard InChI is InChI=1S/C22H25N3O5S/c1-17-6-7-20(31(27,28)23-15-18-4-2-12-29-18)14-21(17)22(26)25-10-8-24(9-11-25)16-19-5-3-13-30-19/h2-7,12-14,23H,8-11,15-16H2,1H3. The number of carbonyl (C=O) groups is 1. The summed E-state index contributed by atoms with van der Waals surface area (Å²) in [4.78, 5) is 17.2. The number of aryl methyl sites for hydroxylation is 1. The lowest BCUT2D eigenvalue weighted by Gasteiger charge is -2.34. The van der Waals surface area contributed by atoms with Crippen LogP contribution in [0.15, 0.2) is 68.7 Å². The van der Waals surface area contributed by atoms with Crippen molar-refractivity contribution < 1.29 is 22.0 Å². The number of carbonyl (C=O) groups excluding carboxylic acids is 1.